The molecule has 0 amide bonds. The molecule has 0 aliphatic rings. The van der Waals surface area contributed by atoms with Gasteiger partial charge in [0.25, 0.3) is 0 Å². The van der Waals surface area contributed by atoms with Crippen molar-refractivity contribution >= 4 is 25.8 Å². The standard InChI is InChI=1S/C19H23BrO3S/c1-13(2)17-12-18(23-4)15(9-10-20)11-19(17)24(21,22)16-7-5-14(3)6-8-16/h5-8,11-13H,9-10H2,1-4H3. The van der Waals surface area contributed by atoms with E-state index in [1.54, 1.807) is 25.3 Å². The zero-order chi connectivity index (χ0) is 17.9. The van der Waals surface area contributed by atoms with Crippen molar-refractivity contribution in [1.29, 1.82) is 0 Å². The highest BCUT2D eigenvalue weighted by Crippen LogP contribution is 2.35. The van der Waals surface area contributed by atoms with Gasteiger partial charge in [0.1, 0.15) is 5.75 Å². The Morgan fingerprint density at radius 1 is 1.12 bits per heavy atom. The molecule has 0 fully saturated rings. The van der Waals surface area contributed by atoms with Gasteiger partial charge in [0.2, 0.25) is 9.84 Å². The zero-order valence-corrected chi connectivity index (χ0v) is 16.9. The minimum atomic E-state index is -3.57. The van der Waals surface area contributed by atoms with E-state index < -0.39 is 9.84 Å². The van der Waals surface area contributed by atoms with Gasteiger partial charge in [-0.1, -0.05) is 47.5 Å². The van der Waals surface area contributed by atoms with E-state index >= 15 is 0 Å². The van der Waals surface area contributed by atoms with Crippen molar-refractivity contribution in [2.24, 2.45) is 0 Å². The molecular formula is C19H23BrO3S. The first kappa shape index (κ1) is 19.0. The normalized spacial score (nSPS) is 11.8. The second kappa shape index (κ2) is 7.70. The molecule has 3 nitrogen and oxygen atoms in total. The number of ether oxygens (including phenoxy) is 1. The van der Waals surface area contributed by atoms with Gasteiger partial charge < -0.3 is 4.74 Å². The van der Waals surface area contributed by atoms with Gasteiger partial charge in [0.05, 0.1) is 16.9 Å². The topological polar surface area (TPSA) is 43.4 Å². The van der Waals surface area contributed by atoms with E-state index in [2.05, 4.69) is 15.9 Å². The van der Waals surface area contributed by atoms with Gasteiger partial charge >= 0.3 is 0 Å². The van der Waals surface area contributed by atoms with Crippen molar-refractivity contribution in [1.82, 2.24) is 0 Å². The fourth-order valence-corrected chi connectivity index (χ4v) is 4.71. The van der Waals surface area contributed by atoms with E-state index in [0.717, 1.165) is 27.8 Å². The van der Waals surface area contributed by atoms with Gasteiger partial charge in [0.15, 0.2) is 0 Å². The largest absolute Gasteiger partial charge is 0.496 e. The fourth-order valence-electron chi connectivity index (χ4n) is 2.63. The summed E-state index contributed by atoms with van der Waals surface area (Å²) in [6, 6.07) is 10.6. The van der Waals surface area contributed by atoms with Gasteiger partial charge in [-0.2, -0.15) is 0 Å². The van der Waals surface area contributed by atoms with Crippen LogP contribution in [0.2, 0.25) is 0 Å². The zero-order valence-electron chi connectivity index (χ0n) is 14.5. The molecule has 0 aliphatic carbocycles. The van der Waals surface area contributed by atoms with Crippen LogP contribution in [-0.2, 0) is 16.3 Å². The molecule has 0 aliphatic heterocycles. The molecule has 2 aromatic rings. The number of hydrogen-bond donors (Lipinski definition) is 0. The molecule has 0 aromatic heterocycles. The predicted octanol–water partition coefficient (Wildman–Crippen LogP) is 4.90. The molecule has 0 saturated heterocycles. The van der Waals surface area contributed by atoms with Crippen LogP contribution in [0.15, 0.2) is 46.2 Å². The average molecular weight is 411 g/mol. The van der Waals surface area contributed by atoms with Crippen molar-refractivity contribution in [2.45, 2.75) is 42.9 Å². The minimum Gasteiger partial charge on any atom is -0.496 e. The number of halogens is 1. The van der Waals surface area contributed by atoms with Crippen molar-refractivity contribution in [3.05, 3.63) is 53.1 Å². The fraction of sp³-hybridized carbons (Fsp3) is 0.368. The summed E-state index contributed by atoms with van der Waals surface area (Å²) in [7, 11) is -1.95. The summed E-state index contributed by atoms with van der Waals surface area (Å²) in [6.45, 7) is 5.93. The average Bonchev–Trinajstić information content (AvgIpc) is 2.55. The third kappa shape index (κ3) is 3.83. The van der Waals surface area contributed by atoms with Crippen molar-refractivity contribution < 1.29 is 13.2 Å². The number of alkyl halides is 1. The van der Waals surface area contributed by atoms with E-state index in [-0.39, 0.29) is 5.92 Å². The molecular weight excluding hydrogens is 388 g/mol. The Morgan fingerprint density at radius 2 is 1.75 bits per heavy atom. The molecule has 2 rings (SSSR count). The predicted molar refractivity (Wildman–Crippen MR) is 101 cm³/mol. The quantitative estimate of drug-likeness (QED) is 0.636. The van der Waals surface area contributed by atoms with Gasteiger partial charge in [-0.25, -0.2) is 8.42 Å². The number of benzene rings is 2. The summed E-state index contributed by atoms with van der Waals surface area (Å²) in [5.41, 5.74) is 2.71. The van der Waals surface area contributed by atoms with Crippen LogP contribution in [-0.4, -0.2) is 20.9 Å². The minimum absolute atomic E-state index is 0.0761. The Kier molecular flexibility index (Phi) is 6.10. The van der Waals surface area contributed by atoms with E-state index in [0.29, 0.717) is 16.2 Å². The van der Waals surface area contributed by atoms with E-state index in [9.17, 15) is 8.42 Å². The highest BCUT2D eigenvalue weighted by Gasteiger charge is 2.24. The van der Waals surface area contributed by atoms with Crippen LogP contribution in [0.5, 0.6) is 5.75 Å². The maximum Gasteiger partial charge on any atom is 0.206 e. The number of methoxy groups -OCH3 is 1. The van der Waals surface area contributed by atoms with Crippen molar-refractivity contribution in [3.8, 4) is 5.75 Å². The van der Waals surface area contributed by atoms with Gasteiger partial charge in [0, 0.05) is 5.33 Å². The molecule has 0 bridgehead atoms. The Balaban J connectivity index is 2.70. The number of rotatable bonds is 6. The first-order valence-corrected chi connectivity index (χ1v) is 10.5. The molecule has 0 heterocycles. The summed E-state index contributed by atoms with van der Waals surface area (Å²) in [4.78, 5) is 0.697. The van der Waals surface area contributed by atoms with Crippen LogP contribution < -0.4 is 4.74 Å². The first-order chi connectivity index (χ1) is 11.3. The first-order valence-electron chi connectivity index (χ1n) is 7.89. The Bertz CT molecular complexity index is 809. The number of sulfone groups is 1. The van der Waals surface area contributed by atoms with Crippen molar-refractivity contribution in [3.63, 3.8) is 0 Å². The number of hydrogen-bond acceptors (Lipinski definition) is 3. The smallest absolute Gasteiger partial charge is 0.206 e. The Morgan fingerprint density at radius 3 is 2.25 bits per heavy atom. The Labute approximate surface area is 153 Å². The molecule has 0 spiro atoms. The van der Waals surface area contributed by atoms with E-state index in [4.69, 9.17) is 4.74 Å². The van der Waals surface area contributed by atoms with Gasteiger partial charge in [-0.15, -0.1) is 0 Å². The van der Waals surface area contributed by atoms with Crippen molar-refractivity contribution in [2.75, 3.05) is 12.4 Å². The molecule has 0 atom stereocenters. The monoisotopic (exact) mass is 410 g/mol. The summed E-state index contributed by atoms with van der Waals surface area (Å²) in [5.74, 6) is 0.813. The third-order valence-corrected chi connectivity index (χ3v) is 6.24. The molecule has 24 heavy (non-hydrogen) atoms. The lowest BCUT2D eigenvalue weighted by atomic mass is 10.00. The lowest BCUT2D eigenvalue weighted by Crippen LogP contribution is -2.09. The highest BCUT2D eigenvalue weighted by atomic mass is 79.9. The van der Waals surface area contributed by atoms with Crippen LogP contribution in [0.4, 0.5) is 0 Å². The van der Waals surface area contributed by atoms with E-state index in [1.807, 2.05) is 39.0 Å². The highest BCUT2D eigenvalue weighted by molar-refractivity contribution is 9.09. The summed E-state index contributed by atoms with van der Waals surface area (Å²) < 4.78 is 31.8. The van der Waals surface area contributed by atoms with E-state index in [1.165, 1.54) is 0 Å². The molecule has 0 unspecified atom stereocenters. The van der Waals surface area contributed by atoms with Crippen LogP contribution >= 0.6 is 15.9 Å². The van der Waals surface area contributed by atoms with Crippen LogP contribution in [0, 0.1) is 6.92 Å². The Hall–Kier alpha value is -1.33. The molecule has 130 valence electrons. The molecule has 2 aromatic carbocycles. The second-order valence-corrected chi connectivity index (χ2v) is 8.82. The molecule has 0 N–H and O–H groups in total. The maximum atomic E-state index is 13.2. The summed E-state index contributed by atoms with van der Waals surface area (Å²) in [5, 5.41) is 0.744. The molecule has 5 heteroatoms. The van der Waals surface area contributed by atoms with Crippen LogP contribution in [0.25, 0.3) is 0 Å². The molecule has 0 saturated carbocycles. The lowest BCUT2D eigenvalue weighted by molar-refractivity contribution is 0.408. The maximum absolute atomic E-state index is 13.2. The summed E-state index contributed by atoms with van der Waals surface area (Å²) >= 11 is 3.42. The van der Waals surface area contributed by atoms with Gasteiger partial charge in [-0.3, -0.25) is 0 Å². The van der Waals surface area contributed by atoms with Crippen LogP contribution in [0.3, 0.4) is 0 Å². The van der Waals surface area contributed by atoms with Gasteiger partial charge in [-0.05, 0) is 54.7 Å². The second-order valence-electron chi connectivity index (χ2n) is 6.11. The van der Waals surface area contributed by atoms with Crippen LogP contribution in [0.1, 0.15) is 36.5 Å². The number of aryl methyl sites for hydroxylation is 2. The summed E-state index contributed by atoms with van der Waals surface area (Å²) in [6.07, 6.45) is 0.706. The lowest BCUT2D eigenvalue weighted by Gasteiger charge is -2.18. The SMILES string of the molecule is COc1cc(C(C)C)c(S(=O)(=O)c2ccc(C)cc2)cc1CCBr. The molecule has 0 radical (unpaired) electrons. The third-order valence-electron chi connectivity index (χ3n) is 4.02.